The van der Waals surface area contributed by atoms with Gasteiger partial charge in [0, 0.05) is 30.7 Å². The topological polar surface area (TPSA) is 52.7 Å². The summed E-state index contributed by atoms with van der Waals surface area (Å²) in [5.74, 6) is 1.49. The fourth-order valence-electron chi connectivity index (χ4n) is 5.05. The number of nitrogens with zero attached hydrogens (tertiary/aromatic N) is 2. The van der Waals surface area contributed by atoms with Gasteiger partial charge in [0.1, 0.15) is 0 Å². The molecule has 1 N–H and O–H groups in total. The van der Waals surface area contributed by atoms with Gasteiger partial charge in [0.05, 0.1) is 4.90 Å². The largest absolute Gasteiger partial charge is 0.303 e. The van der Waals surface area contributed by atoms with Gasteiger partial charge in [-0.15, -0.1) is 0 Å². The van der Waals surface area contributed by atoms with Crippen LogP contribution in [0.15, 0.2) is 29.2 Å². The average Bonchev–Trinajstić information content (AvgIpc) is 2.68. The number of likely N-dealkylation sites (tertiary alicyclic amines) is 1. The molecule has 4 heterocycles. The zero-order chi connectivity index (χ0) is 18.9. The number of halogens is 1. The Hall–Kier alpha value is -0.660. The summed E-state index contributed by atoms with van der Waals surface area (Å²) in [5, 5.41) is 0.546. The first-order valence-electron chi connectivity index (χ1n) is 10.2. The third-order valence-corrected chi connectivity index (χ3v) is 8.28. The van der Waals surface area contributed by atoms with Crippen LogP contribution in [0.1, 0.15) is 32.1 Å². The van der Waals surface area contributed by atoms with E-state index in [9.17, 15) is 8.42 Å². The fourth-order valence-corrected chi connectivity index (χ4v) is 6.24. The van der Waals surface area contributed by atoms with Gasteiger partial charge in [-0.1, -0.05) is 18.0 Å². The molecule has 2 bridgehead atoms. The van der Waals surface area contributed by atoms with E-state index >= 15 is 0 Å². The van der Waals surface area contributed by atoms with Crippen LogP contribution >= 0.6 is 11.6 Å². The molecule has 0 radical (unpaired) electrons. The number of fused-ring (bicyclic) bond motifs is 3. The van der Waals surface area contributed by atoms with E-state index in [2.05, 4.69) is 14.5 Å². The predicted octanol–water partition coefficient (Wildman–Crippen LogP) is 2.81. The molecule has 27 heavy (non-hydrogen) atoms. The lowest BCUT2D eigenvalue weighted by atomic mass is 9.75. The van der Waals surface area contributed by atoms with Crippen molar-refractivity contribution in [2.24, 2.45) is 11.8 Å². The number of nitrogens with one attached hydrogen (secondary N) is 1. The molecule has 5 nitrogen and oxygen atoms in total. The molecular weight excluding hydrogens is 382 g/mol. The monoisotopic (exact) mass is 411 g/mol. The number of hydrogen-bond donors (Lipinski definition) is 1. The zero-order valence-corrected chi connectivity index (χ0v) is 17.4. The summed E-state index contributed by atoms with van der Waals surface area (Å²) in [6.07, 6.45) is 6.44. The third-order valence-electron chi connectivity index (χ3n) is 6.59. The van der Waals surface area contributed by atoms with E-state index in [1.54, 1.807) is 24.3 Å². The van der Waals surface area contributed by atoms with Crippen molar-refractivity contribution in [1.82, 2.24) is 14.5 Å². The van der Waals surface area contributed by atoms with Gasteiger partial charge in [0.15, 0.2) is 0 Å². The second kappa shape index (κ2) is 8.37. The number of sulfonamides is 1. The standard InChI is InChI=1S/C20H30ClN3O2S/c21-18-4-6-20(7-5-18)27(25,26)22-13-19-12-16-8-11-24(19)15-17(16)14-23-9-2-1-3-10-23/h4-7,16-17,19,22H,1-3,8-15H2/t16-,17+,19+/m1/s1. The summed E-state index contributed by atoms with van der Waals surface area (Å²) in [4.78, 5) is 5.44. The van der Waals surface area contributed by atoms with Crippen LogP contribution in [0.2, 0.25) is 5.02 Å². The molecule has 0 aromatic heterocycles. The normalized spacial score (nSPS) is 31.9. The molecule has 1 aromatic rings. The lowest BCUT2D eigenvalue weighted by Gasteiger charge is -2.51. The van der Waals surface area contributed by atoms with Crippen molar-refractivity contribution in [3.8, 4) is 0 Å². The highest BCUT2D eigenvalue weighted by atomic mass is 35.5. The summed E-state index contributed by atoms with van der Waals surface area (Å²) in [5.41, 5.74) is 0. The molecule has 150 valence electrons. The molecule has 0 saturated carbocycles. The van der Waals surface area contributed by atoms with Crippen molar-refractivity contribution in [1.29, 1.82) is 0 Å². The minimum atomic E-state index is -3.47. The van der Waals surface area contributed by atoms with Gasteiger partial charge < -0.3 is 4.90 Å². The van der Waals surface area contributed by atoms with Crippen LogP contribution < -0.4 is 4.72 Å². The summed E-state index contributed by atoms with van der Waals surface area (Å²) in [6.45, 7) is 6.46. The molecular formula is C20H30ClN3O2S. The number of benzene rings is 1. The maximum atomic E-state index is 12.5. The first kappa shape index (κ1) is 19.6. The smallest absolute Gasteiger partial charge is 0.240 e. The summed E-state index contributed by atoms with van der Waals surface area (Å²) in [7, 11) is -3.47. The van der Waals surface area contributed by atoms with Gasteiger partial charge in [0.25, 0.3) is 0 Å². The van der Waals surface area contributed by atoms with Gasteiger partial charge in [0.2, 0.25) is 10.0 Å². The molecule has 4 atom stereocenters. The molecule has 1 unspecified atom stereocenters. The molecule has 4 fully saturated rings. The maximum Gasteiger partial charge on any atom is 0.240 e. The average molecular weight is 412 g/mol. The van der Waals surface area contributed by atoms with Crippen LogP contribution in [0.5, 0.6) is 0 Å². The van der Waals surface area contributed by atoms with Crippen LogP contribution in [0, 0.1) is 11.8 Å². The van der Waals surface area contributed by atoms with Crippen LogP contribution in [0.4, 0.5) is 0 Å². The Kier molecular flexibility index (Phi) is 6.09. The number of rotatable bonds is 6. The van der Waals surface area contributed by atoms with Gasteiger partial charge in [-0.3, -0.25) is 4.90 Å². The lowest BCUT2D eigenvalue weighted by molar-refractivity contribution is -0.0122. The summed E-state index contributed by atoms with van der Waals surface area (Å²) >= 11 is 5.86. The Balaban J connectivity index is 1.32. The van der Waals surface area contributed by atoms with Crippen molar-refractivity contribution in [3.05, 3.63) is 29.3 Å². The minimum Gasteiger partial charge on any atom is -0.303 e. The molecule has 0 spiro atoms. The molecule has 4 saturated heterocycles. The SMILES string of the molecule is O=S(=O)(NC[C@@H]1C[C@H]2CCN1C[C@@H]2CN1CCCCC1)c1ccc(Cl)cc1. The molecule has 4 aliphatic heterocycles. The van der Waals surface area contributed by atoms with E-state index in [1.807, 2.05) is 0 Å². The van der Waals surface area contributed by atoms with Crippen LogP contribution in [-0.2, 0) is 10.0 Å². The van der Waals surface area contributed by atoms with E-state index in [0.717, 1.165) is 31.3 Å². The lowest BCUT2D eigenvalue weighted by Crippen LogP contribution is -2.58. The van der Waals surface area contributed by atoms with E-state index in [4.69, 9.17) is 11.6 Å². The van der Waals surface area contributed by atoms with Crippen LogP contribution in [0.3, 0.4) is 0 Å². The highest BCUT2D eigenvalue weighted by molar-refractivity contribution is 7.89. The van der Waals surface area contributed by atoms with Crippen molar-refractivity contribution in [2.75, 3.05) is 39.3 Å². The predicted molar refractivity (Wildman–Crippen MR) is 109 cm³/mol. The highest BCUT2D eigenvalue weighted by Gasteiger charge is 2.40. The van der Waals surface area contributed by atoms with Gasteiger partial charge in [-0.25, -0.2) is 13.1 Å². The van der Waals surface area contributed by atoms with E-state index in [-0.39, 0.29) is 4.90 Å². The molecule has 0 aliphatic carbocycles. The van der Waals surface area contributed by atoms with Crippen molar-refractivity contribution in [3.63, 3.8) is 0 Å². The Labute approximate surface area is 168 Å². The quantitative estimate of drug-likeness (QED) is 0.782. The Morgan fingerprint density at radius 2 is 1.81 bits per heavy atom. The second-order valence-corrected chi connectivity index (χ2v) is 10.6. The van der Waals surface area contributed by atoms with E-state index in [0.29, 0.717) is 17.6 Å². The Bertz CT molecular complexity index is 734. The summed E-state index contributed by atoms with van der Waals surface area (Å²) in [6, 6.07) is 6.68. The summed E-state index contributed by atoms with van der Waals surface area (Å²) < 4.78 is 27.9. The van der Waals surface area contributed by atoms with Crippen molar-refractivity contribution >= 4 is 21.6 Å². The van der Waals surface area contributed by atoms with Crippen LogP contribution in [0.25, 0.3) is 0 Å². The molecule has 5 rings (SSSR count). The highest BCUT2D eigenvalue weighted by Crippen LogP contribution is 2.37. The third kappa shape index (κ3) is 4.67. The Morgan fingerprint density at radius 3 is 2.48 bits per heavy atom. The van der Waals surface area contributed by atoms with Gasteiger partial charge >= 0.3 is 0 Å². The van der Waals surface area contributed by atoms with E-state index in [1.165, 1.54) is 45.3 Å². The second-order valence-electron chi connectivity index (χ2n) is 8.36. The molecule has 0 amide bonds. The zero-order valence-electron chi connectivity index (χ0n) is 15.8. The van der Waals surface area contributed by atoms with Gasteiger partial charge in [-0.2, -0.15) is 0 Å². The van der Waals surface area contributed by atoms with Crippen molar-refractivity contribution in [2.45, 2.75) is 43.0 Å². The Morgan fingerprint density at radius 1 is 1.07 bits per heavy atom. The fraction of sp³-hybridized carbons (Fsp3) is 0.700. The molecule has 4 aliphatic rings. The first-order chi connectivity index (χ1) is 13.0. The molecule has 7 heteroatoms. The molecule has 1 aromatic carbocycles. The van der Waals surface area contributed by atoms with Gasteiger partial charge in [-0.05, 0) is 81.4 Å². The van der Waals surface area contributed by atoms with E-state index < -0.39 is 10.0 Å². The first-order valence-corrected chi connectivity index (χ1v) is 12.1. The van der Waals surface area contributed by atoms with Crippen LogP contribution in [-0.4, -0.2) is 63.5 Å². The minimum absolute atomic E-state index is 0.283. The number of piperidine rings is 4. The maximum absolute atomic E-state index is 12.5. The van der Waals surface area contributed by atoms with Crippen molar-refractivity contribution < 1.29 is 8.42 Å². The number of hydrogen-bond acceptors (Lipinski definition) is 4.